The molecule has 1 aromatic rings. The first-order chi connectivity index (χ1) is 9.81. The number of nitrogens with zero attached hydrogens (tertiary/aromatic N) is 2. The molecule has 20 heavy (non-hydrogen) atoms. The van der Waals surface area contributed by atoms with Crippen LogP contribution < -0.4 is 15.5 Å². The Labute approximate surface area is 119 Å². The van der Waals surface area contributed by atoms with Crippen molar-refractivity contribution >= 4 is 17.4 Å². The number of carbonyl (C=O) groups excluding carboxylic acids is 1. The summed E-state index contributed by atoms with van der Waals surface area (Å²) in [6, 6.07) is 3.91. The molecular formula is C15H22N4O. The fraction of sp³-hybridized carbons (Fsp3) is 0.600. The highest BCUT2D eigenvalue weighted by atomic mass is 16.1. The van der Waals surface area contributed by atoms with Crippen molar-refractivity contribution in [1.29, 1.82) is 0 Å². The molecule has 1 saturated carbocycles. The van der Waals surface area contributed by atoms with E-state index in [1.54, 1.807) is 6.20 Å². The first-order valence-corrected chi connectivity index (χ1v) is 7.53. The van der Waals surface area contributed by atoms with Crippen LogP contribution in [0.4, 0.5) is 11.5 Å². The van der Waals surface area contributed by atoms with Crippen LogP contribution in [0.2, 0.25) is 0 Å². The van der Waals surface area contributed by atoms with Gasteiger partial charge in [0.25, 0.3) is 0 Å². The highest BCUT2D eigenvalue weighted by Crippen LogP contribution is 2.27. The molecule has 2 N–H and O–H groups in total. The van der Waals surface area contributed by atoms with E-state index in [4.69, 9.17) is 0 Å². The second-order valence-electron chi connectivity index (χ2n) is 5.72. The maximum absolute atomic E-state index is 11.7. The van der Waals surface area contributed by atoms with Gasteiger partial charge in [-0.15, -0.1) is 0 Å². The molecule has 0 atom stereocenters. The van der Waals surface area contributed by atoms with E-state index in [-0.39, 0.29) is 5.91 Å². The molecule has 2 aliphatic rings. The van der Waals surface area contributed by atoms with Crippen molar-refractivity contribution in [3.05, 3.63) is 18.3 Å². The Morgan fingerprint density at radius 3 is 2.75 bits per heavy atom. The van der Waals surface area contributed by atoms with Gasteiger partial charge in [-0.05, 0) is 50.3 Å². The van der Waals surface area contributed by atoms with Gasteiger partial charge in [0.15, 0.2) is 0 Å². The number of nitrogens with one attached hydrogen (secondary N) is 2. The van der Waals surface area contributed by atoms with Crippen molar-refractivity contribution in [1.82, 2.24) is 10.3 Å². The molecule has 2 fully saturated rings. The van der Waals surface area contributed by atoms with Crippen LogP contribution in [0.1, 0.15) is 25.7 Å². The third-order valence-corrected chi connectivity index (χ3v) is 3.88. The molecular weight excluding hydrogens is 252 g/mol. The van der Waals surface area contributed by atoms with Crippen LogP contribution in [0.25, 0.3) is 0 Å². The number of aromatic nitrogens is 1. The number of rotatable bonds is 6. The summed E-state index contributed by atoms with van der Waals surface area (Å²) >= 11 is 0. The average molecular weight is 274 g/mol. The van der Waals surface area contributed by atoms with E-state index in [0.29, 0.717) is 6.54 Å². The first kappa shape index (κ1) is 13.4. The fourth-order valence-corrected chi connectivity index (χ4v) is 2.51. The number of anilines is 2. The summed E-state index contributed by atoms with van der Waals surface area (Å²) in [5.74, 6) is 1.80. The van der Waals surface area contributed by atoms with Crippen LogP contribution in [0.5, 0.6) is 0 Å². The summed E-state index contributed by atoms with van der Waals surface area (Å²) in [7, 11) is 0. The highest BCUT2D eigenvalue weighted by Gasteiger charge is 2.20. The largest absolute Gasteiger partial charge is 0.357 e. The zero-order valence-corrected chi connectivity index (χ0v) is 11.8. The zero-order valence-electron chi connectivity index (χ0n) is 11.8. The number of hydrogen-bond acceptors (Lipinski definition) is 4. The molecule has 108 valence electrons. The number of carbonyl (C=O) groups is 1. The minimum atomic E-state index is 0.00127. The van der Waals surface area contributed by atoms with Crippen LogP contribution in [0.15, 0.2) is 18.3 Å². The predicted octanol–water partition coefficient (Wildman–Crippen LogP) is 1.62. The molecule has 0 aromatic carbocycles. The lowest BCUT2D eigenvalue weighted by atomic mass is 10.3. The molecule has 1 aliphatic carbocycles. The maximum Gasteiger partial charge on any atom is 0.238 e. The van der Waals surface area contributed by atoms with Crippen molar-refractivity contribution in [2.24, 2.45) is 5.92 Å². The monoisotopic (exact) mass is 274 g/mol. The minimum absolute atomic E-state index is 0.00127. The van der Waals surface area contributed by atoms with Crippen molar-refractivity contribution in [2.75, 3.05) is 36.4 Å². The summed E-state index contributed by atoms with van der Waals surface area (Å²) in [5.41, 5.74) is 0.770. The van der Waals surface area contributed by atoms with E-state index in [1.807, 2.05) is 12.1 Å². The third kappa shape index (κ3) is 3.70. The van der Waals surface area contributed by atoms with E-state index >= 15 is 0 Å². The summed E-state index contributed by atoms with van der Waals surface area (Å²) in [4.78, 5) is 18.4. The summed E-state index contributed by atoms with van der Waals surface area (Å²) in [6.07, 6.45) is 6.83. The van der Waals surface area contributed by atoms with Gasteiger partial charge < -0.3 is 15.5 Å². The van der Waals surface area contributed by atoms with Gasteiger partial charge in [-0.3, -0.25) is 4.79 Å². The van der Waals surface area contributed by atoms with E-state index in [0.717, 1.165) is 37.1 Å². The fourth-order valence-electron chi connectivity index (χ4n) is 2.51. The standard InChI is InChI=1S/C15H22N4O/c20-15(11-16-9-12-3-4-12)18-13-5-6-14(17-10-13)19-7-1-2-8-19/h5-6,10,12,16H,1-4,7-9,11H2,(H,18,20). The van der Waals surface area contributed by atoms with Gasteiger partial charge in [-0.25, -0.2) is 4.98 Å². The Bertz CT molecular complexity index is 449. The molecule has 0 radical (unpaired) electrons. The van der Waals surface area contributed by atoms with Crippen LogP contribution in [-0.2, 0) is 4.79 Å². The molecule has 1 aromatic heterocycles. The van der Waals surface area contributed by atoms with Gasteiger partial charge in [-0.2, -0.15) is 0 Å². The molecule has 0 spiro atoms. The normalized spacial score (nSPS) is 18.3. The summed E-state index contributed by atoms with van der Waals surface area (Å²) in [6.45, 7) is 3.51. The summed E-state index contributed by atoms with van der Waals surface area (Å²) < 4.78 is 0. The van der Waals surface area contributed by atoms with E-state index in [9.17, 15) is 4.79 Å². The lowest BCUT2D eigenvalue weighted by Crippen LogP contribution is -2.29. The van der Waals surface area contributed by atoms with Crippen LogP contribution in [-0.4, -0.2) is 37.1 Å². The van der Waals surface area contributed by atoms with Gasteiger partial charge in [-0.1, -0.05) is 0 Å². The second-order valence-corrected chi connectivity index (χ2v) is 5.72. The van der Waals surface area contributed by atoms with Crippen LogP contribution >= 0.6 is 0 Å². The highest BCUT2D eigenvalue weighted by molar-refractivity contribution is 5.92. The Hall–Kier alpha value is -1.62. The number of hydrogen-bond donors (Lipinski definition) is 2. The van der Waals surface area contributed by atoms with Gasteiger partial charge in [0, 0.05) is 13.1 Å². The smallest absolute Gasteiger partial charge is 0.238 e. The molecule has 1 saturated heterocycles. The van der Waals surface area contributed by atoms with Gasteiger partial charge in [0.1, 0.15) is 5.82 Å². The molecule has 1 aliphatic heterocycles. The predicted molar refractivity (Wildman–Crippen MR) is 79.9 cm³/mol. The lowest BCUT2D eigenvalue weighted by molar-refractivity contribution is -0.115. The Balaban J connectivity index is 1.45. The molecule has 2 heterocycles. The molecule has 5 heteroatoms. The lowest BCUT2D eigenvalue weighted by Gasteiger charge is -2.16. The van der Waals surface area contributed by atoms with Crippen molar-refractivity contribution in [2.45, 2.75) is 25.7 Å². The average Bonchev–Trinajstić information content (AvgIpc) is 3.11. The maximum atomic E-state index is 11.7. The molecule has 3 rings (SSSR count). The SMILES string of the molecule is O=C(CNCC1CC1)Nc1ccc(N2CCCC2)nc1. The zero-order chi connectivity index (χ0) is 13.8. The van der Waals surface area contributed by atoms with Crippen molar-refractivity contribution < 1.29 is 4.79 Å². The van der Waals surface area contributed by atoms with Gasteiger partial charge in [0.05, 0.1) is 18.4 Å². The number of pyridine rings is 1. The summed E-state index contributed by atoms with van der Waals surface area (Å²) in [5, 5.41) is 6.05. The number of amides is 1. The van der Waals surface area contributed by atoms with Crippen LogP contribution in [0.3, 0.4) is 0 Å². The first-order valence-electron chi connectivity index (χ1n) is 7.53. The van der Waals surface area contributed by atoms with Gasteiger partial charge in [0.2, 0.25) is 5.91 Å². The Morgan fingerprint density at radius 1 is 1.30 bits per heavy atom. The van der Waals surface area contributed by atoms with Crippen molar-refractivity contribution in [3.8, 4) is 0 Å². The molecule has 0 unspecified atom stereocenters. The van der Waals surface area contributed by atoms with E-state index in [1.165, 1.54) is 25.7 Å². The van der Waals surface area contributed by atoms with Crippen molar-refractivity contribution in [3.63, 3.8) is 0 Å². The molecule has 0 bridgehead atoms. The van der Waals surface area contributed by atoms with Gasteiger partial charge >= 0.3 is 0 Å². The minimum Gasteiger partial charge on any atom is -0.357 e. The second kappa shape index (κ2) is 6.22. The van der Waals surface area contributed by atoms with E-state index < -0.39 is 0 Å². The topological polar surface area (TPSA) is 57.3 Å². The van der Waals surface area contributed by atoms with E-state index in [2.05, 4.69) is 20.5 Å². The Morgan fingerprint density at radius 2 is 2.10 bits per heavy atom. The quantitative estimate of drug-likeness (QED) is 0.827. The van der Waals surface area contributed by atoms with Crippen LogP contribution in [0, 0.1) is 5.92 Å². The third-order valence-electron chi connectivity index (χ3n) is 3.88. The Kier molecular flexibility index (Phi) is 4.16. The molecule has 5 nitrogen and oxygen atoms in total. The molecule has 1 amide bonds.